The van der Waals surface area contributed by atoms with E-state index in [1.54, 1.807) is 60.7 Å². The fraction of sp³-hybridized carbons (Fsp3) is 0. The summed E-state index contributed by atoms with van der Waals surface area (Å²) in [6, 6.07) is 44.3. The smallest absolute Gasteiger partial charge is 0.0645 e. The van der Waals surface area contributed by atoms with Crippen LogP contribution in [0.3, 0.4) is 0 Å². The molecule has 0 unspecified atom stereocenters. The summed E-state index contributed by atoms with van der Waals surface area (Å²) < 4.78 is 104. The Morgan fingerprint density at radius 2 is 0.661 bits per heavy atom. The van der Waals surface area contributed by atoms with Gasteiger partial charge < -0.3 is 4.90 Å². The average molecular weight is 759 g/mol. The van der Waals surface area contributed by atoms with Gasteiger partial charge in [0, 0.05) is 17.1 Å². The molecule has 0 radical (unpaired) electrons. The first-order valence-corrected chi connectivity index (χ1v) is 19.5. The van der Waals surface area contributed by atoms with Gasteiger partial charge in [0.2, 0.25) is 0 Å². The number of hydrogen-bond donors (Lipinski definition) is 0. The Bertz CT molecular complexity index is 4020. The highest BCUT2D eigenvalue weighted by Gasteiger charge is 2.18. The Morgan fingerprint density at radius 1 is 0.254 bits per heavy atom. The first-order valence-electron chi connectivity index (χ1n) is 25.0. The molecule has 1 nitrogen and oxygen atoms in total. The van der Waals surface area contributed by atoms with Crippen LogP contribution >= 0.6 is 0 Å². The molecule has 0 aromatic heterocycles. The van der Waals surface area contributed by atoms with Crippen molar-refractivity contribution in [2.75, 3.05) is 4.90 Å². The molecule has 0 saturated carbocycles. The second-order valence-electron chi connectivity index (χ2n) is 14.8. The fourth-order valence-electron chi connectivity index (χ4n) is 8.72. The second-order valence-corrected chi connectivity index (χ2v) is 14.8. The molecule has 0 bridgehead atoms. The number of anilines is 3. The van der Waals surface area contributed by atoms with Gasteiger partial charge in [0.15, 0.2) is 0 Å². The lowest BCUT2D eigenvalue weighted by Gasteiger charge is -2.26. The summed E-state index contributed by atoms with van der Waals surface area (Å²) >= 11 is 0. The van der Waals surface area contributed by atoms with Crippen molar-refractivity contribution in [2.45, 2.75) is 0 Å². The third-order valence-electron chi connectivity index (χ3n) is 11.4. The lowest BCUT2D eigenvalue weighted by molar-refractivity contribution is 1.28. The van der Waals surface area contributed by atoms with Crippen LogP contribution < -0.4 is 4.90 Å². The van der Waals surface area contributed by atoms with Gasteiger partial charge in [-0.15, -0.1) is 0 Å². The molecule has 0 aliphatic heterocycles. The molecule has 0 spiro atoms. The van der Waals surface area contributed by atoms with Gasteiger partial charge in [-0.25, -0.2) is 0 Å². The standard InChI is InChI=1S/C58H37N/c1-3-10-38(11-4-1)40-24-30-48(31-25-40)59(49-32-26-41(27-33-49)39-12-5-2-6-13-39)50-34-28-42(29-35-50)47-36-46-23-22-45-15-8-18-52-51-17-7-14-43-20-21-44-16-9-19-53(57(44)55(43)51)54(37-47)58(46)56(45)52/h1-37H/i24D,25D,26D,27D,28D,30D,31D,32D,33D,34D,35D. The summed E-state index contributed by atoms with van der Waals surface area (Å²) in [5.41, 5.74) is 0.200. The molecule has 0 N–H and O–H groups in total. The number of fused-ring (bicyclic) bond motifs is 2. The zero-order chi connectivity index (χ0) is 48.4. The predicted molar refractivity (Wildman–Crippen MR) is 254 cm³/mol. The van der Waals surface area contributed by atoms with E-state index in [4.69, 9.17) is 0 Å². The lowest BCUT2D eigenvalue weighted by Crippen LogP contribution is -2.09. The summed E-state index contributed by atoms with van der Waals surface area (Å²) in [5, 5.41) is 12.5. The van der Waals surface area contributed by atoms with Crippen LogP contribution in [-0.2, 0) is 0 Å². The normalized spacial score (nSPS) is 14.3. The molecule has 1 heteroatoms. The van der Waals surface area contributed by atoms with Gasteiger partial charge in [0.05, 0.1) is 15.1 Å². The van der Waals surface area contributed by atoms with Crippen molar-refractivity contribution < 1.29 is 15.1 Å². The van der Waals surface area contributed by atoms with Crippen LogP contribution in [0.25, 0.3) is 98.0 Å². The summed E-state index contributed by atoms with van der Waals surface area (Å²) in [5.74, 6) is 0. The molecule has 0 saturated heterocycles. The Kier molecular flexibility index (Phi) is 5.50. The molecular weight excluding hydrogens is 711 g/mol. The average Bonchev–Trinajstić information content (AvgIpc) is 3.37. The monoisotopic (exact) mass is 758 g/mol. The molecule has 59 heavy (non-hydrogen) atoms. The maximum atomic E-state index is 9.82. The van der Waals surface area contributed by atoms with Gasteiger partial charge >= 0.3 is 0 Å². The lowest BCUT2D eigenvalue weighted by atomic mass is 9.86. The van der Waals surface area contributed by atoms with Crippen molar-refractivity contribution in [1.82, 2.24) is 0 Å². The van der Waals surface area contributed by atoms with Gasteiger partial charge in [0.1, 0.15) is 0 Å². The number of nitrogens with zero attached hydrogens (tertiary/aromatic N) is 1. The van der Waals surface area contributed by atoms with E-state index in [2.05, 4.69) is 72.8 Å². The van der Waals surface area contributed by atoms with Crippen molar-refractivity contribution in [3.05, 3.63) is 224 Å². The van der Waals surface area contributed by atoms with Crippen molar-refractivity contribution in [2.24, 2.45) is 0 Å². The number of hydrogen-bond acceptors (Lipinski definition) is 1. The quantitative estimate of drug-likeness (QED) is 0.153. The molecule has 274 valence electrons. The minimum atomic E-state index is -0.601. The minimum Gasteiger partial charge on any atom is -0.311 e. The Balaban J connectivity index is 1.16. The van der Waals surface area contributed by atoms with Crippen LogP contribution in [0.5, 0.6) is 0 Å². The molecule has 0 aliphatic rings. The molecule has 12 aromatic rings. The molecule has 12 rings (SSSR count). The highest BCUT2D eigenvalue weighted by Crippen LogP contribution is 2.45. The van der Waals surface area contributed by atoms with Crippen molar-refractivity contribution in [3.63, 3.8) is 0 Å². The summed E-state index contributed by atoms with van der Waals surface area (Å²) in [7, 11) is 0. The molecular formula is C58H37N. The fourth-order valence-corrected chi connectivity index (χ4v) is 8.72. The molecule has 12 aromatic carbocycles. The maximum Gasteiger partial charge on any atom is 0.0645 e. The van der Waals surface area contributed by atoms with E-state index in [0.29, 0.717) is 16.7 Å². The zero-order valence-corrected chi connectivity index (χ0v) is 31.5. The van der Waals surface area contributed by atoms with Crippen LogP contribution in [0.1, 0.15) is 15.1 Å². The molecule has 0 amide bonds. The molecule has 0 aliphatic carbocycles. The maximum absolute atomic E-state index is 9.82. The van der Waals surface area contributed by atoms with Gasteiger partial charge in [-0.05, 0) is 146 Å². The zero-order valence-electron chi connectivity index (χ0n) is 42.5. The van der Waals surface area contributed by atoms with Crippen LogP contribution in [0, 0.1) is 0 Å². The minimum absolute atomic E-state index is 0.00547. The summed E-state index contributed by atoms with van der Waals surface area (Å²) in [4.78, 5) is 0.960. The highest BCUT2D eigenvalue weighted by molar-refractivity contribution is 6.37. The first-order chi connectivity index (χ1) is 33.8. The molecule has 0 fully saturated rings. The Labute approximate surface area is 358 Å². The van der Waals surface area contributed by atoms with E-state index in [1.807, 2.05) is 18.2 Å². The molecule has 0 atom stereocenters. The van der Waals surface area contributed by atoms with Gasteiger partial charge in [-0.1, -0.05) is 176 Å². The molecule has 0 heterocycles. The van der Waals surface area contributed by atoms with Crippen LogP contribution in [0.4, 0.5) is 17.1 Å². The summed E-state index contributed by atoms with van der Waals surface area (Å²) in [6.07, 6.45) is 0. The summed E-state index contributed by atoms with van der Waals surface area (Å²) in [6.45, 7) is 0. The second kappa shape index (κ2) is 13.4. The van der Waals surface area contributed by atoms with Gasteiger partial charge in [-0.3, -0.25) is 0 Å². The number of rotatable bonds is 6. The van der Waals surface area contributed by atoms with Crippen molar-refractivity contribution >= 4 is 81.7 Å². The topological polar surface area (TPSA) is 3.24 Å². The van der Waals surface area contributed by atoms with Crippen molar-refractivity contribution in [3.8, 4) is 33.4 Å². The highest BCUT2D eigenvalue weighted by atomic mass is 15.1. The third kappa shape index (κ3) is 5.47. The third-order valence-corrected chi connectivity index (χ3v) is 11.4. The van der Waals surface area contributed by atoms with E-state index < -0.39 is 71.4 Å². The van der Waals surface area contributed by atoms with E-state index >= 15 is 0 Å². The first kappa shape index (κ1) is 24.1. The van der Waals surface area contributed by atoms with Crippen molar-refractivity contribution in [1.29, 1.82) is 0 Å². The SMILES string of the molecule is [2H]c1cc(-c2cc3ccc4cccc5c6cccc7ccc8cccc(c(c2)c3c45)c8c76)c([2H])c([2H])c1N(c1c([2H])c([2H])c(-c2ccccc2)c([2H])c1[2H])c1c([2H])c([2H])c(-c2ccccc2)c([2H])c1[2H]. The van der Waals surface area contributed by atoms with Crippen LogP contribution in [-0.4, -0.2) is 0 Å². The Hall–Kier alpha value is -7.74. The van der Waals surface area contributed by atoms with Gasteiger partial charge in [-0.2, -0.15) is 0 Å². The number of benzene rings is 11. The predicted octanol–water partition coefficient (Wildman–Crippen LogP) is 16.5. The van der Waals surface area contributed by atoms with E-state index in [0.717, 1.165) is 69.5 Å². The Morgan fingerprint density at radius 3 is 1.15 bits per heavy atom. The van der Waals surface area contributed by atoms with E-state index in [-0.39, 0.29) is 28.8 Å². The van der Waals surface area contributed by atoms with E-state index in [9.17, 15) is 15.1 Å². The van der Waals surface area contributed by atoms with Gasteiger partial charge in [0.25, 0.3) is 0 Å². The van der Waals surface area contributed by atoms with Crippen LogP contribution in [0.15, 0.2) is 224 Å². The van der Waals surface area contributed by atoms with E-state index in [1.165, 1.54) is 6.07 Å². The largest absolute Gasteiger partial charge is 0.311 e. The van der Waals surface area contributed by atoms with Crippen LogP contribution in [0.2, 0.25) is 0 Å².